The molecule has 1 aliphatic rings. The molecule has 2 rings (SSSR count). The summed E-state index contributed by atoms with van der Waals surface area (Å²) < 4.78 is 26.7. The van der Waals surface area contributed by atoms with E-state index < -0.39 is 11.6 Å². The van der Waals surface area contributed by atoms with Crippen molar-refractivity contribution in [1.29, 1.82) is 0 Å². The highest BCUT2D eigenvalue weighted by Crippen LogP contribution is 2.30. The van der Waals surface area contributed by atoms with E-state index in [2.05, 4.69) is 21.2 Å². The van der Waals surface area contributed by atoms with Gasteiger partial charge in [-0.2, -0.15) is 0 Å². The Hall–Kier alpha value is -0.480. The molecule has 1 unspecified atom stereocenters. The summed E-state index contributed by atoms with van der Waals surface area (Å²) in [5, 5.41) is 3.22. The van der Waals surface area contributed by atoms with Gasteiger partial charge in [-0.05, 0) is 52.9 Å². The van der Waals surface area contributed by atoms with Crippen LogP contribution in [0.5, 0.6) is 0 Å². The summed E-state index contributed by atoms with van der Waals surface area (Å²) >= 11 is 2.93. The molecule has 0 saturated carbocycles. The van der Waals surface area contributed by atoms with E-state index in [-0.39, 0.29) is 10.4 Å². The minimum Gasteiger partial charge on any atom is -0.316 e. The molecule has 1 aliphatic heterocycles. The summed E-state index contributed by atoms with van der Waals surface area (Å²) in [6, 6.07) is 2.87. The zero-order chi connectivity index (χ0) is 10.8. The second-order valence-corrected chi connectivity index (χ2v) is 4.60. The van der Waals surface area contributed by atoms with Crippen molar-refractivity contribution in [3.05, 3.63) is 33.8 Å². The van der Waals surface area contributed by atoms with Gasteiger partial charge in [0.05, 0.1) is 4.47 Å². The topological polar surface area (TPSA) is 12.0 Å². The maximum Gasteiger partial charge on any atom is 0.143 e. The van der Waals surface area contributed by atoms with Crippen LogP contribution >= 0.6 is 15.9 Å². The number of hydrogen-bond donors (Lipinski definition) is 1. The van der Waals surface area contributed by atoms with Gasteiger partial charge >= 0.3 is 0 Å². The predicted octanol–water partition coefficient (Wildman–Crippen LogP) is 3.19. The molecule has 1 nitrogen and oxygen atoms in total. The van der Waals surface area contributed by atoms with E-state index in [0.29, 0.717) is 5.56 Å². The molecule has 4 heteroatoms. The first-order valence-electron chi connectivity index (χ1n) is 5.04. The molecule has 0 radical (unpaired) electrons. The van der Waals surface area contributed by atoms with Crippen molar-refractivity contribution in [3.63, 3.8) is 0 Å². The standard InChI is InChI=1S/C11H12BrF2N/c12-10-9(13)4-3-8(11(10)14)7-2-1-5-15-6-7/h3-4,7,15H,1-2,5-6H2. The van der Waals surface area contributed by atoms with E-state index >= 15 is 0 Å². The van der Waals surface area contributed by atoms with Crippen LogP contribution in [0.15, 0.2) is 16.6 Å². The Morgan fingerprint density at radius 3 is 2.80 bits per heavy atom. The average Bonchev–Trinajstić information content (AvgIpc) is 2.27. The van der Waals surface area contributed by atoms with Gasteiger partial charge in [0.15, 0.2) is 0 Å². The molecule has 0 spiro atoms. The maximum absolute atomic E-state index is 13.7. The monoisotopic (exact) mass is 275 g/mol. The Balaban J connectivity index is 2.31. The lowest BCUT2D eigenvalue weighted by Crippen LogP contribution is -2.28. The molecule has 82 valence electrons. The first-order valence-corrected chi connectivity index (χ1v) is 5.83. The molecule has 1 atom stereocenters. The Bertz CT molecular complexity index is 362. The van der Waals surface area contributed by atoms with Gasteiger partial charge in [-0.3, -0.25) is 0 Å². The summed E-state index contributed by atoms with van der Waals surface area (Å²) in [6.45, 7) is 1.76. The first kappa shape index (κ1) is 11.0. The van der Waals surface area contributed by atoms with Crippen LogP contribution in [-0.2, 0) is 0 Å². The van der Waals surface area contributed by atoms with Crippen molar-refractivity contribution in [2.24, 2.45) is 0 Å². The molecule has 1 saturated heterocycles. The van der Waals surface area contributed by atoms with Gasteiger partial charge in [-0.1, -0.05) is 6.07 Å². The van der Waals surface area contributed by atoms with E-state index in [1.54, 1.807) is 6.07 Å². The number of hydrogen-bond acceptors (Lipinski definition) is 1. The molecule has 15 heavy (non-hydrogen) atoms. The third-order valence-electron chi connectivity index (χ3n) is 2.80. The molecule has 0 aromatic heterocycles. The third kappa shape index (κ3) is 2.21. The smallest absolute Gasteiger partial charge is 0.143 e. The van der Waals surface area contributed by atoms with Gasteiger partial charge in [0.25, 0.3) is 0 Å². The lowest BCUT2D eigenvalue weighted by Gasteiger charge is -2.23. The lowest BCUT2D eigenvalue weighted by molar-refractivity contribution is 0.443. The molecule has 1 heterocycles. The highest BCUT2D eigenvalue weighted by atomic mass is 79.9. The van der Waals surface area contributed by atoms with Crippen LogP contribution in [0.4, 0.5) is 8.78 Å². The summed E-state index contributed by atoms with van der Waals surface area (Å²) in [6.07, 6.45) is 2.00. The SMILES string of the molecule is Fc1ccc(C2CCCNC2)c(F)c1Br. The van der Waals surface area contributed by atoms with Crippen LogP contribution in [-0.4, -0.2) is 13.1 Å². The lowest BCUT2D eigenvalue weighted by atomic mass is 9.91. The van der Waals surface area contributed by atoms with Crippen molar-refractivity contribution >= 4 is 15.9 Å². The van der Waals surface area contributed by atoms with E-state index in [0.717, 1.165) is 25.9 Å². The Morgan fingerprint density at radius 2 is 2.13 bits per heavy atom. The molecular formula is C11H12BrF2N. The summed E-state index contributed by atoms with van der Waals surface area (Å²) in [7, 11) is 0. The average molecular weight is 276 g/mol. The molecule has 0 bridgehead atoms. The zero-order valence-electron chi connectivity index (χ0n) is 8.19. The van der Waals surface area contributed by atoms with Gasteiger partial charge in [0.2, 0.25) is 0 Å². The van der Waals surface area contributed by atoms with E-state index in [9.17, 15) is 8.78 Å². The first-order chi connectivity index (χ1) is 7.20. The molecule has 0 aliphatic carbocycles. The van der Waals surface area contributed by atoms with Gasteiger partial charge < -0.3 is 5.32 Å². The van der Waals surface area contributed by atoms with Crippen LogP contribution in [0.1, 0.15) is 24.3 Å². The van der Waals surface area contributed by atoms with Gasteiger partial charge in [0, 0.05) is 6.54 Å². The van der Waals surface area contributed by atoms with Gasteiger partial charge in [-0.25, -0.2) is 8.78 Å². The molecule has 1 aromatic carbocycles. The minimum atomic E-state index is -0.542. The van der Waals surface area contributed by atoms with E-state index in [4.69, 9.17) is 0 Å². The van der Waals surface area contributed by atoms with Crippen LogP contribution in [0.2, 0.25) is 0 Å². The molecule has 1 aromatic rings. The van der Waals surface area contributed by atoms with Crippen LogP contribution in [0, 0.1) is 11.6 Å². The summed E-state index contributed by atoms with van der Waals surface area (Å²) in [4.78, 5) is 0. The quantitative estimate of drug-likeness (QED) is 0.777. The number of halogens is 3. The second kappa shape index (κ2) is 4.58. The molecule has 1 N–H and O–H groups in total. The van der Waals surface area contributed by atoms with E-state index in [1.165, 1.54) is 6.07 Å². The van der Waals surface area contributed by atoms with Gasteiger partial charge in [-0.15, -0.1) is 0 Å². The van der Waals surface area contributed by atoms with Crippen LogP contribution in [0.3, 0.4) is 0 Å². The van der Waals surface area contributed by atoms with Crippen LogP contribution in [0.25, 0.3) is 0 Å². The predicted molar refractivity (Wildman–Crippen MR) is 58.9 cm³/mol. The van der Waals surface area contributed by atoms with E-state index in [1.807, 2.05) is 0 Å². The van der Waals surface area contributed by atoms with Gasteiger partial charge in [0.1, 0.15) is 11.6 Å². The third-order valence-corrected chi connectivity index (χ3v) is 3.53. The zero-order valence-corrected chi connectivity index (χ0v) is 9.78. The number of benzene rings is 1. The maximum atomic E-state index is 13.7. The fourth-order valence-corrected chi connectivity index (χ4v) is 2.33. The van der Waals surface area contributed by atoms with Crippen molar-refractivity contribution in [2.75, 3.05) is 13.1 Å². The highest BCUT2D eigenvalue weighted by molar-refractivity contribution is 9.10. The highest BCUT2D eigenvalue weighted by Gasteiger charge is 2.21. The Morgan fingerprint density at radius 1 is 1.33 bits per heavy atom. The van der Waals surface area contributed by atoms with Crippen molar-refractivity contribution in [1.82, 2.24) is 5.32 Å². The minimum absolute atomic E-state index is 0.0504. The molecule has 1 fully saturated rings. The second-order valence-electron chi connectivity index (χ2n) is 3.81. The fraction of sp³-hybridized carbons (Fsp3) is 0.455. The summed E-state index contributed by atoms with van der Waals surface area (Å²) in [5.74, 6) is -0.834. The van der Waals surface area contributed by atoms with Crippen molar-refractivity contribution in [3.8, 4) is 0 Å². The Labute approximate surface area is 96.0 Å². The summed E-state index contributed by atoms with van der Waals surface area (Å²) in [5.41, 5.74) is 0.607. The van der Waals surface area contributed by atoms with Crippen LogP contribution < -0.4 is 5.32 Å². The van der Waals surface area contributed by atoms with Crippen molar-refractivity contribution < 1.29 is 8.78 Å². The molecule has 0 amide bonds. The largest absolute Gasteiger partial charge is 0.316 e. The number of nitrogens with one attached hydrogen (secondary N) is 1. The fourth-order valence-electron chi connectivity index (χ4n) is 1.97. The van der Waals surface area contributed by atoms with Crippen molar-refractivity contribution in [2.45, 2.75) is 18.8 Å². The number of piperidine rings is 1. The Kier molecular flexibility index (Phi) is 3.36. The number of rotatable bonds is 1. The normalized spacial score (nSPS) is 21.7. The molecular weight excluding hydrogens is 264 g/mol.